The van der Waals surface area contributed by atoms with Crippen LogP contribution in [0.15, 0.2) is 16.6 Å². The van der Waals surface area contributed by atoms with Gasteiger partial charge >= 0.3 is 0 Å². The molecule has 1 unspecified atom stereocenters. The fourth-order valence-electron chi connectivity index (χ4n) is 1.23. The Labute approximate surface area is 92.0 Å². The predicted molar refractivity (Wildman–Crippen MR) is 63.2 cm³/mol. The standard InChI is InChI=1S/C9H13N3S2/c1-7-6-12-9(14-7)11-3-2-8-10-4-5-13-8/h4-5,7H,2-3,6H2,1H3,(H,11,12). The van der Waals surface area contributed by atoms with Gasteiger partial charge in [0.2, 0.25) is 0 Å². The van der Waals surface area contributed by atoms with Crippen molar-refractivity contribution in [3.8, 4) is 0 Å². The molecule has 0 aliphatic carbocycles. The summed E-state index contributed by atoms with van der Waals surface area (Å²) in [6, 6.07) is 0. The van der Waals surface area contributed by atoms with Gasteiger partial charge in [-0.3, -0.25) is 4.99 Å². The summed E-state index contributed by atoms with van der Waals surface area (Å²) in [5.74, 6) is 0. The molecule has 0 saturated heterocycles. The summed E-state index contributed by atoms with van der Waals surface area (Å²) in [4.78, 5) is 8.61. The molecule has 0 aromatic carbocycles. The molecule has 1 aliphatic rings. The highest BCUT2D eigenvalue weighted by Crippen LogP contribution is 2.18. The van der Waals surface area contributed by atoms with E-state index in [4.69, 9.17) is 0 Å². The van der Waals surface area contributed by atoms with E-state index < -0.39 is 0 Å². The summed E-state index contributed by atoms with van der Waals surface area (Å²) in [6.07, 6.45) is 2.84. The van der Waals surface area contributed by atoms with Crippen LogP contribution in [0.5, 0.6) is 0 Å². The summed E-state index contributed by atoms with van der Waals surface area (Å²) >= 11 is 3.53. The minimum absolute atomic E-state index is 0.636. The number of rotatable bonds is 3. The lowest BCUT2D eigenvalue weighted by Crippen LogP contribution is -2.21. The van der Waals surface area contributed by atoms with Gasteiger partial charge in [-0.15, -0.1) is 11.3 Å². The molecule has 1 aromatic rings. The molecule has 0 saturated carbocycles. The summed E-state index contributed by atoms with van der Waals surface area (Å²) in [5, 5.41) is 8.26. The smallest absolute Gasteiger partial charge is 0.156 e. The third kappa shape index (κ3) is 2.72. The van der Waals surface area contributed by atoms with Crippen molar-refractivity contribution in [1.29, 1.82) is 0 Å². The molecule has 1 N–H and O–H groups in total. The number of hydrogen-bond donors (Lipinski definition) is 1. The lowest BCUT2D eigenvalue weighted by atomic mass is 10.4. The highest BCUT2D eigenvalue weighted by atomic mass is 32.2. The van der Waals surface area contributed by atoms with Gasteiger partial charge < -0.3 is 5.32 Å². The molecule has 2 heterocycles. The zero-order valence-electron chi connectivity index (χ0n) is 8.06. The Morgan fingerprint density at radius 1 is 1.64 bits per heavy atom. The average molecular weight is 227 g/mol. The van der Waals surface area contributed by atoms with Crippen LogP contribution in [0.2, 0.25) is 0 Å². The van der Waals surface area contributed by atoms with Crippen LogP contribution in [0.4, 0.5) is 0 Å². The van der Waals surface area contributed by atoms with Crippen molar-refractivity contribution in [3.05, 3.63) is 16.6 Å². The number of aromatic nitrogens is 1. The first-order valence-corrected chi connectivity index (χ1v) is 6.44. The number of thioether (sulfide) groups is 1. The number of thiazole rings is 1. The Hall–Kier alpha value is -0.550. The maximum Gasteiger partial charge on any atom is 0.156 e. The van der Waals surface area contributed by atoms with E-state index in [1.165, 1.54) is 5.01 Å². The molecule has 3 nitrogen and oxygen atoms in total. The first-order valence-electron chi connectivity index (χ1n) is 4.68. The Morgan fingerprint density at radius 2 is 2.57 bits per heavy atom. The maximum absolute atomic E-state index is 4.39. The van der Waals surface area contributed by atoms with E-state index in [1.807, 2.05) is 23.3 Å². The zero-order chi connectivity index (χ0) is 9.80. The molecule has 5 heteroatoms. The molecule has 0 radical (unpaired) electrons. The summed E-state index contributed by atoms with van der Waals surface area (Å²) in [5.41, 5.74) is 0. The number of nitrogens with zero attached hydrogens (tertiary/aromatic N) is 2. The van der Waals surface area contributed by atoms with Gasteiger partial charge in [0.25, 0.3) is 0 Å². The van der Waals surface area contributed by atoms with Gasteiger partial charge in [-0.1, -0.05) is 18.7 Å². The Bertz CT molecular complexity index is 308. The molecule has 1 aliphatic heterocycles. The van der Waals surface area contributed by atoms with Crippen LogP contribution in [-0.4, -0.2) is 28.5 Å². The van der Waals surface area contributed by atoms with E-state index in [1.54, 1.807) is 11.3 Å². The van der Waals surface area contributed by atoms with Crippen molar-refractivity contribution in [3.63, 3.8) is 0 Å². The molecule has 1 atom stereocenters. The fourth-order valence-corrected chi connectivity index (χ4v) is 2.71. The van der Waals surface area contributed by atoms with Crippen molar-refractivity contribution >= 4 is 28.3 Å². The molecule has 0 bridgehead atoms. The number of nitrogens with one attached hydrogen (secondary N) is 1. The van der Waals surface area contributed by atoms with Gasteiger partial charge in [-0.2, -0.15) is 0 Å². The van der Waals surface area contributed by atoms with E-state index >= 15 is 0 Å². The first kappa shape index (κ1) is 9.98. The molecule has 0 fully saturated rings. The number of amidine groups is 1. The Morgan fingerprint density at radius 3 is 3.21 bits per heavy atom. The van der Waals surface area contributed by atoms with Gasteiger partial charge in [0.1, 0.15) is 0 Å². The quantitative estimate of drug-likeness (QED) is 0.855. The molecule has 0 amide bonds. The van der Waals surface area contributed by atoms with Crippen LogP contribution in [-0.2, 0) is 6.42 Å². The van der Waals surface area contributed by atoms with Crippen molar-refractivity contribution in [1.82, 2.24) is 10.3 Å². The van der Waals surface area contributed by atoms with Crippen molar-refractivity contribution < 1.29 is 0 Å². The van der Waals surface area contributed by atoms with E-state index in [9.17, 15) is 0 Å². The molecule has 0 spiro atoms. The maximum atomic E-state index is 4.39. The highest BCUT2D eigenvalue weighted by molar-refractivity contribution is 8.14. The largest absolute Gasteiger partial charge is 0.364 e. The molecule has 2 rings (SSSR count). The van der Waals surface area contributed by atoms with Crippen molar-refractivity contribution in [2.45, 2.75) is 18.6 Å². The van der Waals surface area contributed by atoms with Gasteiger partial charge in [0.05, 0.1) is 11.6 Å². The van der Waals surface area contributed by atoms with Gasteiger partial charge in [-0.05, 0) is 0 Å². The first-order chi connectivity index (χ1) is 6.84. The molecular weight excluding hydrogens is 214 g/mol. The van der Waals surface area contributed by atoms with Crippen LogP contribution in [0.1, 0.15) is 11.9 Å². The van der Waals surface area contributed by atoms with E-state index in [0.29, 0.717) is 5.25 Å². The van der Waals surface area contributed by atoms with Gasteiger partial charge in [0.15, 0.2) is 5.17 Å². The van der Waals surface area contributed by atoms with Crippen LogP contribution >= 0.6 is 23.1 Å². The lowest BCUT2D eigenvalue weighted by Gasteiger charge is -2.03. The van der Waals surface area contributed by atoms with Gasteiger partial charge in [0, 0.05) is 29.8 Å². The molecule has 1 aromatic heterocycles. The minimum atomic E-state index is 0.636. The third-order valence-electron chi connectivity index (χ3n) is 1.90. The van der Waals surface area contributed by atoms with Crippen molar-refractivity contribution in [2.75, 3.05) is 13.1 Å². The summed E-state index contributed by atoms with van der Waals surface area (Å²) < 4.78 is 0. The predicted octanol–water partition coefficient (Wildman–Crippen LogP) is 1.77. The lowest BCUT2D eigenvalue weighted by molar-refractivity contribution is 0.862. The number of hydrogen-bond acceptors (Lipinski definition) is 5. The third-order valence-corrected chi connectivity index (χ3v) is 3.79. The molecule has 14 heavy (non-hydrogen) atoms. The van der Waals surface area contributed by atoms with E-state index in [-0.39, 0.29) is 0 Å². The second-order valence-electron chi connectivity index (χ2n) is 3.18. The van der Waals surface area contributed by atoms with Crippen LogP contribution in [0.25, 0.3) is 0 Å². The molecular formula is C9H13N3S2. The van der Waals surface area contributed by atoms with Crippen molar-refractivity contribution in [2.24, 2.45) is 4.99 Å². The van der Waals surface area contributed by atoms with E-state index in [0.717, 1.165) is 24.7 Å². The van der Waals surface area contributed by atoms with Gasteiger partial charge in [-0.25, -0.2) is 4.98 Å². The zero-order valence-corrected chi connectivity index (χ0v) is 9.70. The van der Waals surface area contributed by atoms with Crippen LogP contribution in [0.3, 0.4) is 0 Å². The fraction of sp³-hybridized carbons (Fsp3) is 0.556. The normalized spacial score (nSPS) is 20.9. The minimum Gasteiger partial charge on any atom is -0.364 e. The molecule has 76 valence electrons. The Kier molecular flexibility index (Phi) is 3.42. The van der Waals surface area contributed by atoms with Crippen LogP contribution < -0.4 is 5.32 Å². The average Bonchev–Trinajstić information content (AvgIpc) is 2.77. The second kappa shape index (κ2) is 4.79. The number of aliphatic imine (C=N–C) groups is 1. The second-order valence-corrected chi connectivity index (χ2v) is 5.58. The topological polar surface area (TPSA) is 37.3 Å². The SMILES string of the molecule is CC1CN=C(NCCc2nccs2)S1. The summed E-state index contributed by atoms with van der Waals surface area (Å²) in [7, 11) is 0. The Balaban J connectivity index is 1.69. The summed E-state index contributed by atoms with van der Waals surface area (Å²) in [6.45, 7) is 4.08. The van der Waals surface area contributed by atoms with E-state index in [2.05, 4.69) is 22.2 Å². The highest BCUT2D eigenvalue weighted by Gasteiger charge is 2.13. The van der Waals surface area contributed by atoms with Crippen LogP contribution in [0, 0.1) is 0 Å². The monoisotopic (exact) mass is 227 g/mol.